The Morgan fingerprint density at radius 2 is 1.82 bits per heavy atom. The zero-order valence-corrected chi connectivity index (χ0v) is 9.84. The highest BCUT2D eigenvalue weighted by molar-refractivity contribution is 5.88. The number of hydrogen-bond acceptors (Lipinski definition) is 3. The lowest BCUT2D eigenvalue weighted by atomic mass is 10.1. The number of carbonyl (C=O) groups excluding carboxylic acids is 1. The number of ether oxygens (including phenoxy) is 2. The van der Waals surface area contributed by atoms with Crippen LogP contribution in [0.15, 0.2) is 42.5 Å². The normalized spacial score (nSPS) is 12.1. The van der Waals surface area contributed by atoms with Crippen molar-refractivity contribution in [2.75, 3.05) is 7.11 Å². The number of carbonyl (C=O) groups is 1. The molecule has 3 nitrogen and oxygen atoms in total. The van der Waals surface area contributed by atoms with Gasteiger partial charge >= 0.3 is 5.97 Å². The average molecular weight is 230 g/mol. The van der Waals surface area contributed by atoms with Gasteiger partial charge in [-0.15, -0.1) is 0 Å². The quantitative estimate of drug-likeness (QED) is 0.760. The van der Waals surface area contributed by atoms with E-state index in [0.29, 0.717) is 5.75 Å². The van der Waals surface area contributed by atoms with Crippen LogP contribution in [0.25, 0.3) is 10.8 Å². The fourth-order valence-electron chi connectivity index (χ4n) is 1.70. The van der Waals surface area contributed by atoms with Crippen LogP contribution < -0.4 is 4.74 Å². The summed E-state index contributed by atoms with van der Waals surface area (Å²) in [7, 11) is 1.35. The monoisotopic (exact) mass is 230 g/mol. The van der Waals surface area contributed by atoms with Crippen LogP contribution in [0.1, 0.15) is 6.92 Å². The van der Waals surface area contributed by atoms with Crippen LogP contribution in [0.4, 0.5) is 0 Å². The topological polar surface area (TPSA) is 35.5 Å². The predicted octanol–water partition coefficient (Wildman–Crippen LogP) is 2.78. The fourth-order valence-corrected chi connectivity index (χ4v) is 1.70. The number of hydrogen-bond donors (Lipinski definition) is 0. The number of methoxy groups -OCH3 is 1. The van der Waals surface area contributed by atoms with Gasteiger partial charge in [-0.3, -0.25) is 0 Å². The largest absolute Gasteiger partial charge is 0.478 e. The van der Waals surface area contributed by atoms with E-state index in [-0.39, 0.29) is 5.97 Å². The maximum Gasteiger partial charge on any atom is 0.346 e. The molecule has 1 unspecified atom stereocenters. The molecule has 0 bridgehead atoms. The minimum absolute atomic E-state index is 0.377. The van der Waals surface area contributed by atoms with Crippen molar-refractivity contribution in [3.8, 4) is 5.75 Å². The van der Waals surface area contributed by atoms with Gasteiger partial charge in [-0.2, -0.15) is 0 Å². The maximum atomic E-state index is 11.3. The molecular formula is C14H14O3. The second kappa shape index (κ2) is 4.87. The zero-order valence-electron chi connectivity index (χ0n) is 9.84. The second-order valence-corrected chi connectivity index (χ2v) is 3.76. The molecule has 0 saturated carbocycles. The first-order chi connectivity index (χ1) is 8.22. The van der Waals surface area contributed by atoms with Gasteiger partial charge in [-0.25, -0.2) is 4.79 Å². The molecule has 0 fully saturated rings. The highest BCUT2D eigenvalue weighted by Crippen LogP contribution is 2.26. The van der Waals surface area contributed by atoms with Crippen LogP contribution >= 0.6 is 0 Å². The van der Waals surface area contributed by atoms with Crippen LogP contribution in [-0.2, 0) is 9.53 Å². The third kappa shape index (κ3) is 2.38. The van der Waals surface area contributed by atoms with Gasteiger partial charge in [0.05, 0.1) is 7.11 Å². The lowest BCUT2D eigenvalue weighted by Crippen LogP contribution is -2.24. The first-order valence-electron chi connectivity index (χ1n) is 5.44. The van der Waals surface area contributed by atoms with E-state index in [9.17, 15) is 4.79 Å². The predicted molar refractivity (Wildman–Crippen MR) is 66.1 cm³/mol. The Kier molecular flexibility index (Phi) is 3.28. The third-order valence-corrected chi connectivity index (χ3v) is 2.59. The molecule has 17 heavy (non-hydrogen) atoms. The molecule has 3 heteroatoms. The van der Waals surface area contributed by atoms with Gasteiger partial charge in [0.1, 0.15) is 5.75 Å². The van der Waals surface area contributed by atoms with E-state index in [1.165, 1.54) is 7.11 Å². The van der Waals surface area contributed by atoms with Crippen molar-refractivity contribution in [2.24, 2.45) is 0 Å². The second-order valence-electron chi connectivity index (χ2n) is 3.76. The number of rotatable bonds is 3. The van der Waals surface area contributed by atoms with Gasteiger partial charge in [0.2, 0.25) is 0 Å². The summed E-state index contributed by atoms with van der Waals surface area (Å²) in [6, 6.07) is 13.6. The summed E-state index contributed by atoms with van der Waals surface area (Å²) < 4.78 is 10.2. The molecule has 0 aliphatic rings. The van der Waals surface area contributed by atoms with Gasteiger partial charge in [0.15, 0.2) is 6.10 Å². The molecule has 0 heterocycles. The molecule has 2 aromatic rings. The Bertz CT molecular complexity index is 528. The average Bonchev–Trinajstić information content (AvgIpc) is 2.38. The molecule has 0 aliphatic heterocycles. The van der Waals surface area contributed by atoms with Gasteiger partial charge in [0.25, 0.3) is 0 Å². The Labute approximate surface area is 100.0 Å². The molecule has 1 atom stereocenters. The van der Waals surface area contributed by atoms with Crippen molar-refractivity contribution >= 4 is 16.7 Å². The van der Waals surface area contributed by atoms with E-state index in [1.807, 2.05) is 42.5 Å². The van der Waals surface area contributed by atoms with Crippen molar-refractivity contribution in [2.45, 2.75) is 13.0 Å². The Morgan fingerprint density at radius 1 is 1.12 bits per heavy atom. The maximum absolute atomic E-state index is 11.3. The highest BCUT2D eigenvalue weighted by Gasteiger charge is 2.15. The fraction of sp³-hybridized carbons (Fsp3) is 0.214. The smallest absolute Gasteiger partial charge is 0.346 e. The van der Waals surface area contributed by atoms with Crippen molar-refractivity contribution in [3.05, 3.63) is 42.5 Å². The van der Waals surface area contributed by atoms with E-state index < -0.39 is 6.10 Å². The van der Waals surface area contributed by atoms with E-state index in [1.54, 1.807) is 6.92 Å². The minimum atomic E-state index is -0.606. The molecule has 0 spiro atoms. The molecule has 88 valence electrons. The van der Waals surface area contributed by atoms with Gasteiger partial charge in [0, 0.05) is 5.39 Å². The van der Waals surface area contributed by atoms with E-state index in [2.05, 4.69) is 4.74 Å². The first kappa shape index (κ1) is 11.5. The first-order valence-corrected chi connectivity index (χ1v) is 5.44. The number of esters is 1. The molecule has 2 aromatic carbocycles. The van der Waals surface area contributed by atoms with Gasteiger partial charge < -0.3 is 9.47 Å². The summed E-state index contributed by atoms with van der Waals surface area (Å²) in [5.74, 6) is 0.318. The standard InChI is InChI=1S/C14H14O3/c1-10(14(15)16-2)17-13-9-5-7-11-6-3-4-8-12(11)13/h3-10H,1-2H3. The molecule has 0 aromatic heterocycles. The summed E-state index contributed by atoms with van der Waals surface area (Å²) in [6.07, 6.45) is -0.606. The third-order valence-electron chi connectivity index (χ3n) is 2.59. The van der Waals surface area contributed by atoms with Crippen LogP contribution in [0, 0.1) is 0 Å². The van der Waals surface area contributed by atoms with Gasteiger partial charge in [-0.1, -0.05) is 36.4 Å². The van der Waals surface area contributed by atoms with E-state index in [4.69, 9.17) is 4.74 Å². The Hall–Kier alpha value is -2.03. The lowest BCUT2D eigenvalue weighted by Gasteiger charge is -2.14. The van der Waals surface area contributed by atoms with E-state index in [0.717, 1.165) is 10.8 Å². The Morgan fingerprint density at radius 3 is 2.59 bits per heavy atom. The summed E-state index contributed by atoms with van der Waals surface area (Å²) in [5.41, 5.74) is 0. The highest BCUT2D eigenvalue weighted by atomic mass is 16.6. The van der Waals surface area contributed by atoms with Crippen molar-refractivity contribution in [1.82, 2.24) is 0 Å². The van der Waals surface area contributed by atoms with Gasteiger partial charge in [-0.05, 0) is 18.4 Å². The van der Waals surface area contributed by atoms with Crippen molar-refractivity contribution < 1.29 is 14.3 Å². The lowest BCUT2D eigenvalue weighted by molar-refractivity contribution is -0.147. The summed E-state index contributed by atoms with van der Waals surface area (Å²) >= 11 is 0. The SMILES string of the molecule is COC(=O)C(C)Oc1cccc2ccccc12. The minimum Gasteiger partial charge on any atom is -0.478 e. The van der Waals surface area contributed by atoms with Crippen LogP contribution in [0.3, 0.4) is 0 Å². The molecular weight excluding hydrogens is 216 g/mol. The summed E-state index contributed by atoms with van der Waals surface area (Å²) in [5, 5.41) is 2.08. The molecule has 0 amide bonds. The molecule has 0 radical (unpaired) electrons. The van der Waals surface area contributed by atoms with E-state index >= 15 is 0 Å². The zero-order chi connectivity index (χ0) is 12.3. The van der Waals surface area contributed by atoms with Crippen LogP contribution in [-0.4, -0.2) is 19.2 Å². The summed E-state index contributed by atoms with van der Waals surface area (Å²) in [6.45, 7) is 1.67. The Balaban J connectivity index is 2.33. The number of benzene rings is 2. The van der Waals surface area contributed by atoms with Crippen LogP contribution in [0.2, 0.25) is 0 Å². The number of fused-ring (bicyclic) bond motifs is 1. The van der Waals surface area contributed by atoms with Crippen molar-refractivity contribution in [3.63, 3.8) is 0 Å². The molecule has 2 rings (SSSR count). The van der Waals surface area contributed by atoms with Crippen molar-refractivity contribution in [1.29, 1.82) is 0 Å². The molecule has 0 aliphatic carbocycles. The van der Waals surface area contributed by atoms with Crippen LogP contribution in [0.5, 0.6) is 5.75 Å². The summed E-state index contributed by atoms with van der Waals surface area (Å²) in [4.78, 5) is 11.3. The molecule has 0 saturated heterocycles. The molecule has 0 N–H and O–H groups in total.